The predicted octanol–water partition coefficient (Wildman–Crippen LogP) is 4.15. The molecule has 1 aliphatic carbocycles. The van der Waals surface area contributed by atoms with Gasteiger partial charge in [-0.3, -0.25) is 23.5 Å². The van der Waals surface area contributed by atoms with Crippen molar-refractivity contribution in [3.63, 3.8) is 0 Å². The van der Waals surface area contributed by atoms with E-state index >= 15 is 0 Å². The van der Waals surface area contributed by atoms with Crippen molar-refractivity contribution in [2.45, 2.75) is 139 Å². The van der Waals surface area contributed by atoms with E-state index in [0.717, 1.165) is 12.5 Å². The Kier molecular flexibility index (Phi) is 23.8. The predicted molar refractivity (Wildman–Crippen MR) is 200 cm³/mol. The number of carbonyl (C=O) groups excluding carboxylic acids is 5. The lowest BCUT2D eigenvalue weighted by Gasteiger charge is -2.37. The molecule has 1 aliphatic heterocycles. The second kappa shape index (κ2) is 23.9. The molecule has 13 heteroatoms. The van der Waals surface area contributed by atoms with Gasteiger partial charge >= 0.3 is 6.03 Å². The first-order chi connectivity index (χ1) is 22.2. The van der Waals surface area contributed by atoms with Crippen molar-refractivity contribution in [1.29, 1.82) is 0 Å². The SMILES string of the molecule is CC.CC1CC1.CCC.CNC(=O)C(=O)C(C)NC(=O)C1CCCN1C(=O)C(NC(=O)NC(CNCCN(C)S)C(C)(C)C)C(C)(C)C. The summed E-state index contributed by atoms with van der Waals surface area (Å²) in [6, 6.07) is -3.43. The summed E-state index contributed by atoms with van der Waals surface area (Å²) in [4.78, 5) is 65.1. The molecule has 48 heavy (non-hydrogen) atoms. The third-order valence-electron chi connectivity index (χ3n) is 7.61. The maximum atomic E-state index is 13.7. The van der Waals surface area contributed by atoms with Crippen LogP contribution in [0.5, 0.6) is 0 Å². The number of amides is 5. The average molecular weight is 702 g/mol. The average Bonchev–Trinajstić information content (AvgIpc) is 3.61. The number of hydrogen-bond acceptors (Lipinski definition) is 8. The Balaban J connectivity index is 0. The molecule has 1 saturated carbocycles. The van der Waals surface area contributed by atoms with Crippen molar-refractivity contribution in [2.24, 2.45) is 16.7 Å². The van der Waals surface area contributed by atoms with E-state index in [1.54, 1.807) is 4.31 Å². The van der Waals surface area contributed by atoms with Gasteiger partial charge in [0.05, 0.1) is 6.04 Å². The number of hydrogen-bond donors (Lipinski definition) is 6. The molecule has 2 aliphatic rings. The van der Waals surface area contributed by atoms with E-state index in [1.165, 1.54) is 38.1 Å². The molecule has 5 amide bonds. The molecule has 1 heterocycles. The topological polar surface area (TPSA) is 152 Å². The number of likely N-dealkylation sites (tertiary alicyclic amines) is 1. The van der Waals surface area contributed by atoms with Crippen molar-refractivity contribution < 1.29 is 24.0 Å². The van der Waals surface area contributed by atoms with E-state index < -0.39 is 47.2 Å². The molecule has 0 spiro atoms. The Labute approximate surface area is 298 Å². The van der Waals surface area contributed by atoms with Gasteiger partial charge in [-0.1, -0.05) is 108 Å². The first kappa shape index (κ1) is 47.7. The minimum Gasteiger partial charge on any atom is -0.353 e. The smallest absolute Gasteiger partial charge is 0.315 e. The summed E-state index contributed by atoms with van der Waals surface area (Å²) in [5, 5.41) is 14.0. The van der Waals surface area contributed by atoms with Crippen LogP contribution in [0.15, 0.2) is 0 Å². The van der Waals surface area contributed by atoms with E-state index in [2.05, 4.69) is 60.2 Å². The molecule has 0 aromatic heterocycles. The molecular formula is C35H71N7O5S. The van der Waals surface area contributed by atoms with Crippen LogP contribution in [0, 0.1) is 16.7 Å². The van der Waals surface area contributed by atoms with Gasteiger partial charge in [-0.25, -0.2) is 4.79 Å². The molecule has 2 fully saturated rings. The molecule has 4 unspecified atom stereocenters. The van der Waals surface area contributed by atoms with E-state index in [4.69, 9.17) is 0 Å². The molecule has 12 nitrogen and oxygen atoms in total. The molecule has 0 aromatic carbocycles. The number of Topliss-reactive ketones (excluding diaryl/α,β-unsaturated/α-hetero) is 1. The Morgan fingerprint density at radius 3 is 1.85 bits per heavy atom. The highest BCUT2D eigenvalue weighted by atomic mass is 32.1. The lowest BCUT2D eigenvalue weighted by molar-refractivity contribution is -0.143. The van der Waals surface area contributed by atoms with Gasteiger partial charge < -0.3 is 31.5 Å². The van der Waals surface area contributed by atoms with Crippen LogP contribution < -0.4 is 26.6 Å². The van der Waals surface area contributed by atoms with Crippen molar-refractivity contribution in [1.82, 2.24) is 35.8 Å². The molecule has 1 saturated heterocycles. The van der Waals surface area contributed by atoms with Gasteiger partial charge in [0.25, 0.3) is 5.91 Å². The Hall–Kier alpha value is -2.38. The highest BCUT2D eigenvalue weighted by molar-refractivity contribution is 7.77. The molecule has 5 N–H and O–H groups in total. The standard InChI is InChI=1S/C26H49N7O5S.C4H8.C3H8.C2H6/c1-16(19(34)22(36)27-8)29-21(35)17-11-10-13-33(17)23(37)20(26(5,6)7)31-24(38)30-18(25(2,3)4)15-28-12-14-32(9)39;1-4-2-3-4;1-3-2;1-2/h16-18,20,28,39H,10-15H2,1-9H3,(H,27,36)(H,29,35)(H2,30,31,38);4H,2-3H2,1H3;3H2,1-2H3;1-2H3. The number of nitrogens with one attached hydrogen (secondary N) is 5. The van der Waals surface area contributed by atoms with Crippen LogP contribution in [-0.4, -0.2) is 103 Å². The third kappa shape index (κ3) is 19.6. The van der Waals surface area contributed by atoms with Crippen molar-refractivity contribution in [3.05, 3.63) is 0 Å². The van der Waals surface area contributed by atoms with E-state index in [1.807, 2.05) is 62.4 Å². The largest absolute Gasteiger partial charge is 0.353 e. The van der Waals surface area contributed by atoms with Crippen LogP contribution >= 0.6 is 12.8 Å². The number of likely N-dealkylation sites (N-methyl/N-ethyl adjacent to an activating group) is 2. The van der Waals surface area contributed by atoms with E-state index in [-0.39, 0.29) is 17.4 Å². The van der Waals surface area contributed by atoms with E-state index in [0.29, 0.717) is 32.5 Å². The minimum absolute atomic E-state index is 0.219. The number of ketones is 1. The van der Waals surface area contributed by atoms with Crippen molar-refractivity contribution in [3.8, 4) is 0 Å². The molecular weight excluding hydrogens is 630 g/mol. The van der Waals surface area contributed by atoms with Crippen LogP contribution in [0.1, 0.15) is 115 Å². The zero-order valence-electron chi connectivity index (χ0n) is 32.6. The maximum Gasteiger partial charge on any atom is 0.315 e. The van der Waals surface area contributed by atoms with Gasteiger partial charge in [0, 0.05) is 39.3 Å². The maximum absolute atomic E-state index is 13.7. The summed E-state index contributed by atoms with van der Waals surface area (Å²) in [5.74, 6) is -1.37. The third-order valence-corrected chi connectivity index (χ3v) is 7.81. The molecule has 0 aromatic rings. The van der Waals surface area contributed by atoms with Gasteiger partial charge in [-0.2, -0.15) is 0 Å². The van der Waals surface area contributed by atoms with Gasteiger partial charge in [0.2, 0.25) is 17.6 Å². The van der Waals surface area contributed by atoms with Crippen molar-refractivity contribution in [2.75, 3.05) is 40.3 Å². The molecule has 4 atom stereocenters. The number of urea groups is 1. The summed E-state index contributed by atoms with van der Waals surface area (Å²) in [6.45, 7) is 25.9. The zero-order valence-corrected chi connectivity index (χ0v) is 33.5. The summed E-state index contributed by atoms with van der Waals surface area (Å²) >= 11 is 4.23. The van der Waals surface area contributed by atoms with Gasteiger partial charge in [0.1, 0.15) is 12.1 Å². The van der Waals surface area contributed by atoms with Gasteiger partial charge in [-0.05, 0) is 43.6 Å². The highest BCUT2D eigenvalue weighted by Gasteiger charge is 2.42. The molecule has 0 radical (unpaired) electrons. The molecule has 0 bridgehead atoms. The lowest BCUT2D eigenvalue weighted by atomic mass is 9.85. The van der Waals surface area contributed by atoms with Gasteiger partial charge in [0.15, 0.2) is 0 Å². The summed E-state index contributed by atoms with van der Waals surface area (Å²) in [6.07, 6.45) is 5.24. The second-order valence-corrected chi connectivity index (χ2v) is 15.4. The first-order valence-electron chi connectivity index (χ1n) is 17.8. The highest BCUT2D eigenvalue weighted by Crippen LogP contribution is 2.27. The fourth-order valence-corrected chi connectivity index (χ4v) is 4.47. The quantitative estimate of drug-likeness (QED) is 0.102. The number of nitrogens with zero attached hydrogens (tertiary/aromatic N) is 2. The molecule has 282 valence electrons. The minimum atomic E-state index is -1.03. The fourth-order valence-electron chi connectivity index (χ4n) is 4.37. The van der Waals surface area contributed by atoms with Crippen LogP contribution in [0.25, 0.3) is 0 Å². The van der Waals surface area contributed by atoms with Crippen LogP contribution in [0.2, 0.25) is 0 Å². The molecule has 2 rings (SSSR count). The normalized spacial score (nSPS) is 17.5. The first-order valence-corrected chi connectivity index (χ1v) is 18.2. The number of thiol groups is 1. The second-order valence-electron chi connectivity index (χ2n) is 14.7. The summed E-state index contributed by atoms with van der Waals surface area (Å²) < 4.78 is 1.77. The summed E-state index contributed by atoms with van der Waals surface area (Å²) in [7, 11) is 3.20. The number of carbonyl (C=O) groups is 5. The van der Waals surface area contributed by atoms with Crippen LogP contribution in [0.4, 0.5) is 4.79 Å². The monoisotopic (exact) mass is 702 g/mol. The van der Waals surface area contributed by atoms with E-state index in [9.17, 15) is 24.0 Å². The lowest BCUT2D eigenvalue weighted by Crippen LogP contribution is -2.61. The Morgan fingerprint density at radius 2 is 1.44 bits per heavy atom. The van der Waals surface area contributed by atoms with Crippen molar-refractivity contribution >= 4 is 42.4 Å². The van der Waals surface area contributed by atoms with Crippen LogP contribution in [-0.2, 0) is 19.2 Å². The van der Waals surface area contributed by atoms with Gasteiger partial charge in [-0.15, -0.1) is 0 Å². The fraction of sp³-hybridized carbons (Fsp3) is 0.857. The Bertz CT molecular complexity index is 977. The number of rotatable bonds is 12. The summed E-state index contributed by atoms with van der Waals surface area (Å²) in [5.41, 5.74) is -0.896. The Morgan fingerprint density at radius 1 is 0.917 bits per heavy atom. The van der Waals surface area contributed by atoms with Crippen LogP contribution in [0.3, 0.4) is 0 Å². The zero-order chi connectivity index (χ0) is 37.8.